The van der Waals surface area contributed by atoms with E-state index in [1.807, 2.05) is 13.0 Å². The Morgan fingerprint density at radius 1 is 1.24 bits per heavy atom. The van der Waals surface area contributed by atoms with E-state index < -0.39 is 17.0 Å². The van der Waals surface area contributed by atoms with Crippen molar-refractivity contribution in [2.75, 3.05) is 0 Å². The molecule has 0 radical (unpaired) electrons. The molecule has 1 aromatic heterocycles. The summed E-state index contributed by atoms with van der Waals surface area (Å²) in [4.78, 5) is 1.01. The number of hydrogen-bond acceptors (Lipinski definition) is 1. The number of rotatable bonds is 2. The molecule has 1 heterocycles. The molecule has 90 valence electrons. The van der Waals surface area contributed by atoms with Crippen molar-refractivity contribution in [1.82, 2.24) is 0 Å². The number of aryl methyl sites for hydroxylation is 1. The number of alkyl halides is 1. The molecule has 2 aromatic rings. The molecule has 0 N–H and O–H groups in total. The molecule has 0 saturated heterocycles. The van der Waals surface area contributed by atoms with Gasteiger partial charge in [-0.2, -0.15) is 0 Å². The maximum absolute atomic E-state index is 13.6. The minimum Gasteiger partial charge on any atom is -0.207 e. The Bertz CT molecular complexity index is 553. The summed E-state index contributed by atoms with van der Waals surface area (Å²) in [6.45, 7) is 1.92. The normalized spacial score (nSPS) is 12.8. The molecule has 0 aliphatic rings. The van der Waals surface area contributed by atoms with Gasteiger partial charge >= 0.3 is 0 Å². The SMILES string of the molecule is Cc1sc(Br)cc1C(Cl)c1ccc(F)cc1F. The van der Waals surface area contributed by atoms with Crippen LogP contribution < -0.4 is 0 Å². The molecular formula is C12H8BrClF2S. The van der Waals surface area contributed by atoms with E-state index in [1.54, 1.807) is 0 Å². The van der Waals surface area contributed by atoms with E-state index >= 15 is 0 Å². The smallest absolute Gasteiger partial charge is 0.131 e. The first-order valence-electron chi connectivity index (χ1n) is 4.84. The van der Waals surface area contributed by atoms with Crippen LogP contribution in [0.5, 0.6) is 0 Å². The second-order valence-electron chi connectivity index (χ2n) is 3.59. The van der Waals surface area contributed by atoms with Gasteiger partial charge in [0.05, 0.1) is 9.16 Å². The summed E-state index contributed by atoms with van der Waals surface area (Å²) in [6.07, 6.45) is 0. The van der Waals surface area contributed by atoms with Crippen molar-refractivity contribution in [3.05, 3.63) is 55.7 Å². The third kappa shape index (κ3) is 2.69. The molecule has 0 fully saturated rings. The van der Waals surface area contributed by atoms with E-state index in [2.05, 4.69) is 15.9 Å². The van der Waals surface area contributed by atoms with Gasteiger partial charge in [0.1, 0.15) is 11.6 Å². The van der Waals surface area contributed by atoms with Crippen molar-refractivity contribution in [2.24, 2.45) is 0 Å². The van der Waals surface area contributed by atoms with Gasteiger partial charge < -0.3 is 0 Å². The highest BCUT2D eigenvalue weighted by atomic mass is 79.9. The van der Waals surface area contributed by atoms with Crippen LogP contribution in [-0.2, 0) is 0 Å². The molecule has 17 heavy (non-hydrogen) atoms. The number of thiophene rings is 1. The van der Waals surface area contributed by atoms with Gasteiger partial charge in [0, 0.05) is 16.5 Å². The number of hydrogen-bond donors (Lipinski definition) is 0. The summed E-state index contributed by atoms with van der Waals surface area (Å²) in [5.41, 5.74) is 1.13. The highest BCUT2D eigenvalue weighted by molar-refractivity contribution is 9.11. The lowest BCUT2D eigenvalue weighted by Gasteiger charge is -2.10. The molecule has 5 heteroatoms. The Kier molecular flexibility index (Phi) is 3.85. The molecule has 0 spiro atoms. The van der Waals surface area contributed by atoms with Crippen LogP contribution in [0.1, 0.15) is 21.4 Å². The molecule has 0 amide bonds. The first-order valence-corrected chi connectivity index (χ1v) is 6.88. The van der Waals surface area contributed by atoms with E-state index in [4.69, 9.17) is 11.6 Å². The fourth-order valence-corrected chi connectivity index (χ4v) is 3.80. The largest absolute Gasteiger partial charge is 0.207 e. The van der Waals surface area contributed by atoms with Crippen molar-refractivity contribution < 1.29 is 8.78 Å². The first kappa shape index (κ1) is 13.0. The minimum absolute atomic E-state index is 0.293. The van der Waals surface area contributed by atoms with Crippen LogP contribution in [0.2, 0.25) is 0 Å². The lowest BCUT2D eigenvalue weighted by molar-refractivity contribution is 0.573. The molecule has 1 aromatic carbocycles. The monoisotopic (exact) mass is 336 g/mol. The minimum atomic E-state index is -0.619. The average molecular weight is 338 g/mol. The molecule has 0 aliphatic heterocycles. The fourth-order valence-electron chi connectivity index (χ4n) is 1.58. The van der Waals surface area contributed by atoms with Crippen LogP contribution >= 0.6 is 38.9 Å². The first-order chi connectivity index (χ1) is 7.99. The Labute approximate surface area is 115 Å². The standard InChI is InChI=1S/C12H8BrClF2S/c1-6-9(5-11(13)17-6)12(14)8-3-2-7(15)4-10(8)16/h2-5,12H,1H3. The van der Waals surface area contributed by atoms with Gasteiger partial charge in [-0.1, -0.05) is 6.07 Å². The highest BCUT2D eigenvalue weighted by Gasteiger charge is 2.19. The van der Waals surface area contributed by atoms with Gasteiger partial charge in [-0.3, -0.25) is 0 Å². The van der Waals surface area contributed by atoms with Crippen LogP contribution in [0.25, 0.3) is 0 Å². The summed E-state index contributed by atoms with van der Waals surface area (Å²) in [5, 5.41) is -0.599. The zero-order valence-corrected chi connectivity index (χ0v) is 12.0. The molecule has 0 nitrogen and oxygen atoms in total. The molecule has 2 rings (SSSR count). The van der Waals surface area contributed by atoms with E-state index in [1.165, 1.54) is 23.5 Å². The Morgan fingerprint density at radius 3 is 2.47 bits per heavy atom. The maximum Gasteiger partial charge on any atom is 0.131 e. The lowest BCUT2D eigenvalue weighted by atomic mass is 10.0. The third-order valence-corrected chi connectivity index (χ3v) is 4.47. The quantitative estimate of drug-likeness (QED) is 0.641. The van der Waals surface area contributed by atoms with E-state index in [0.29, 0.717) is 5.56 Å². The average Bonchev–Trinajstić information content (AvgIpc) is 2.57. The summed E-state index contributed by atoms with van der Waals surface area (Å²) in [6, 6.07) is 5.31. The fraction of sp³-hybridized carbons (Fsp3) is 0.167. The number of halogens is 4. The highest BCUT2D eigenvalue weighted by Crippen LogP contribution is 2.38. The zero-order valence-electron chi connectivity index (χ0n) is 8.81. The van der Waals surface area contributed by atoms with E-state index in [0.717, 1.165) is 20.3 Å². The second kappa shape index (κ2) is 5.04. The molecule has 1 unspecified atom stereocenters. The third-order valence-electron chi connectivity index (χ3n) is 2.43. The second-order valence-corrected chi connectivity index (χ2v) is 6.66. The van der Waals surface area contributed by atoms with Gasteiger partial charge in [0.25, 0.3) is 0 Å². The summed E-state index contributed by atoms with van der Waals surface area (Å²) >= 11 is 11.1. The Hall–Kier alpha value is -0.450. The summed E-state index contributed by atoms with van der Waals surface area (Å²) < 4.78 is 27.3. The maximum atomic E-state index is 13.6. The topological polar surface area (TPSA) is 0 Å². The van der Waals surface area contributed by atoms with Crippen LogP contribution in [0.3, 0.4) is 0 Å². The zero-order chi connectivity index (χ0) is 12.6. The van der Waals surface area contributed by atoms with Crippen molar-refractivity contribution in [3.63, 3.8) is 0 Å². The van der Waals surface area contributed by atoms with Crippen molar-refractivity contribution in [2.45, 2.75) is 12.3 Å². The summed E-state index contributed by atoms with van der Waals surface area (Å²) in [5.74, 6) is -1.22. The van der Waals surface area contributed by atoms with Gasteiger partial charge in [-0.15, -0.1) is 22.9 Å². The Morgan fingerprint density at radius 2 is 1.94 bits per heavy atom. The predicted molar refractivity (Wildman–Crippen MR) is 70.8 cm³/mol. The van der Waals surface area contributed by atoms with E-state index in [9.17, 15) is 8.78 Å². The molecule has 0 aliphatic carbocycles. The number of benzene rings is 1. The van der Waals surface area contributed by atoms with Gasteiger partial charge in [-0.25, -0.2) is 8.78 Å². The Balaban J connectivity index is 2.43. The lowest BCUT2D eigenvalue weighted by Crippen LogP contribution is -1.97. The molecule has 1 atom stereocenters. The van der Waals surface area contributed by atoms with Crippen LogP contribution in [0, 0.1) is 18.6 Å². The van der Waals surface area contributed by atoms with Gasteiger partial charge in [0.2, 0.25) is 0 Å². The predicted octanol–water partition coefficient (Wildman–Crippen LogP) is 5.43. The van der Waals surface area contributed by atoms with E-state index in [-0.39, 0.29) is 0 Å². The van der Waals surface area contributed by atoms with Crippen molar-refractivity contribution in [1.29, 1.82) is 0 Å². The van der Waals surface area contributed by atoms with Crippen molar-refractivity contribution in [3.8, 4) is 0 Å². The molecule has 0 bridgehead atoms. The van der Waals surface area contributed by atoms with Gasteiger partial charge in [0.15, 0.2) is 0 Å². The van der Waals surface area contributed by atoms with Gasteiger partial charge in [-0.05, 0) is 40.5 Å². The van der Waals surface area contributed by atoms with Crippen molar-refractivity contribution >= 4 is 38.9 Å². The van der Waals surface area contributed by atoms with Crippen LogP contribution in [0.15, 0.2) is 28.1 Å². The summed E-state index contributed by atoms with van der Waals surface area (Å²) in [7, 11) is 0. The molecular weight excluding hydrogens is 330 g/mol. The molecule has 0 saturated carbocycles. The van der Waals surface area contributed by atoms with Crippen LogP contribution in [-0.4, -0.2) is 0 Å². The van der Waals surface area contributed by atoms with Crippen LogP contribution in [0.4, 0.5) is 8.78 Å².